The molecule has 0 aromatic heterocycles. The SMILES string of the molecule is C1N2CN3CN1CN(C2)C3.O=C(CCl)c1cc(F)ccc1F.O=C(C[N+]12CN3CN(CN(C3)C1)C2)c1cc(F)ccc1F.[2H]CC.[Cl-]. The van der Waals surface area contributed by atoms with E-state index in [0.717, 1.165) is 76.4 Å². The molecule has 0 amide bonds. The summed E-state index contributed by atoms with van der Waals surface area (Å²) >= 11 is 5.17. The Balaban J connectivity index is 0.000000164. The average molecular weight is 693 g/mol. The third-order valence-corrected chi connectivity index (χ3v) is 8.40. The number of alkyl halides is 1. The number of ketones is 2. The quantitative estimate of drug-likeness (QED) is 0.188. The van der Waals surface area contributed by atoms with E-state index in [9.17, 15) is 27.2 Å². The normalized spacial score (nSPS) is 32.4. The van der Waals surface area contributed by atoms with Crippen LogP contribution in [0.4, 0.5) is 17.6 Å². The maximum absolute atomic E-state index is 13.8. The number of rotatable bonds is 5. The van der Waals surface area contributed by atoms with Gasteiger partial charge in [-0.3, -0.25) is 33.7 Å². The minimum Gasteiger partial charge on any atom is -1.00 e. The van der Waals surface area contributed by atoms with E-state index in [4.69, 9.17) is 13.0 Å². The summed E-state index contributed by atoms with van der Waals surface area (Å²) < 4.78 is 59.1. The molecule has 0 aliphatic carbocycles. The number of quaternary nitrogens is 1. The average Bonchev–Trinajstić information content (AvgIpc) is 2.99. The Labute approximate surface area is 279 Å². The fourth-order valence-electron chi connectivity index (χ4n) is 6.93. The molecular weight excluding hydrogens is 651 g/mol. The zero-order valence-electron chi connectivity index (χ0n) is 26.7. The van der Waals surface area contributed by atoms with Crippen molar-refractivity contribution in [3.8, 4) is 0 Å². The van der Waals surface area contributed by atoms with E-state index < -0.39 is 29.1 Å². The van der Waals surface area contributed by atoms with E-state index in [-0.39, 0.29) is 41.7 Å². The minimum absolute atomic E-state index is 0. The second kappa shape index (κ2) is 15.8. The van der Waals surface area contributed by atoms with Gasteiger partial charge in [0.2, 0.25) is 5.78 Å². The first-order valence-electron chi connectivity index (χ1n) is 15.4. The van der Waals surface area contributed by atoms with E-state index in [1.165, 1.54) is 40.0 Å². The maximum Gasteiger partial charge on any atom is 0.220 e. The third-order valence-electron chi connectivity index (χ3n) is 8.16. The Morgan fingerprint density at radius 1 is 0.674 bits per heavy atom. The molecule has 0 radical (unpaired) electrons. The van der Waals surface area contributed by atoms with Crippen molar-refractivity contribution in [1.29, 1.82) is 0 Å². The lowest BCUT2D eigenvalue weighted by Crippen LogP contribution is -3.00. The van der Waals surface area contributed by atoms with Gasteiger partial charge < -0.3 is 12.4 Å². The van der Waals surface area contributed by atoms with Crippen LogP contribution in [0.15, 0.2) is 36.4 Å². The Bertz CT molecular complexity index is 1320. The van der Waals surface area contributed by atoms with Crippen LogP contribution in [0, 0.1) is 23.3 Å². The highest BCUT2D eigenvalue weighted by molar-refractivity contribution is 6.30. The van der Waals surface area contributed by atoms with Gasteiger partial charge in [-0.2, -0.15) is 0 Å². The molecule has 2 aromatic carbocycles. The number of carbonyl (C=O) groups excluding carboxylic acids is 2. The first-order valence-corrected chi connectivity index (χ1v) is 15.3. The Morgan fingerprint density at radius 3 is 1.35 bits per heavy atom. The Hall–Kier alpha value is -2.24. The molecule has 0 spiro atoms. The van der Waals surface area contributed by atoms with E-state index >= 15 is 0 Å². The molecule has 46 heavy (non-hydrogen) atoms. The molecule has 10 nitrogen and oxygen atoms in total. The van der Waals surface area contributed by atoms with Crippen LogP contribution in [-0.2, 0) is 0 Å². The van der Waals surface area contributed by atoms with Crippen molar-refractivity contribution in [2.24, 2.45) is 0 Å². The highest BCUT2D eigenvalue weighted by Crippen LogP contribution is 2.29. The van der Waals surface area contributed by atoms with Crippen LogP contribution in [0.1, 0.15) is 35.9 Å². The summed E-state index contributed by atoms with van der Waals surface area (Å²) in [5.74, 6) is -3.90. The van der Waals surface area contributed by atoms with Gasteiger partial charge in [0.25, 0.3) is 0 Å². The van der Waals surface area contributed by atoms with E-state index in [2.05, 4.69) is 34.3 Å². The van der Waals surface area contributed by atoms with Crippen LogP contribution in [0.2, 0.25) is 0 Å². The molecule has 16 heteroatoms. The monoisotopic (exact) mass is 691 g/mol. The summed E-state index contributed by atoms with van der Waals surface area (Å²) in [6.45, 7) is 14.8. The van der Waals surface area contributed by atoms with Gasteiger partial charge in [-0.25, -0.2) is 32.3 Å². The molecule has 254 valence electrons. The van der Waals surface area contributed by atoms with Crippen molar-refractivity contribution >= 4 is 23.2 Å². The lowest BCUT2D eigenvalue weighted by Gasteiger charge is -2.60. The van der Waals surface area contributed by atoms with E-state index in [0.29, 0.717) is 11.4 Å². The van der Waals surface area contributed by atoms with Gasteiger partial charge in [0.15, 0.2) is 5.78 Å². The minimum atomic E-state index is -0.748. The topological polar surface area (TPSA) is 56.8 Å². The second-order valence-electron chi connectivity index (χ2n) is 12.1. The van der Waals surface area contributed by atoms with Crippen molar-refractivity contribution in [3.63, 3.8) is 0 Å². The van der Waals surface area contributed by atoms with Gasteiger partial charge in [-0.15, -0.1) is 11.6 Å². The summed E-state index contributed by atoms with van der Waals surface area (Å²) in [4.78, 5) is 40.0. The Morgan fingerprint density at radius 2 is 1.00 bits per heavy atom. The van der Waals surface area contributed by atoms with Crippen LogP contribution < -0.4 is 12.4 Å². The van der Waals surface area contributed by atoms with Crippen molar-refractivity contribution < 1.29 is 45.4 Å². The van der Waals surface area contributed by atoms with Crippen LogP contribution in [0.5, 0.6) is 0 Å². The van der Waals surface area contributed by atoms with Crippen molar-refractivity contribution in [2.75, 3.05) is 92.4 Å². The van der Waals surface area contributed by atoms with Crippen molar-refractivity contribution in [2.45, 2.75) is 13.8 Å². The zero-order chi connectivity index (χ0) is 33.0. The van der Waals surface area contributed by atoms with Gasteiger partial charge in [-0.05, 0) is 36.4 Å². The number of Topliss-reactive ketones (excluding diaryl/α,β-unsaturated/α-hetero) is 2. The maximum atomic E-state index is 13.8. The van der Waals surface area contributed by atoms with Gasteiger partial charge in [-0.1, -0.05) is 13.8 Å². The standard InChI is InChI=1S/C14H17F2N4O.C8H5ClF2O.C6H12N4.C2H6.ClH/c15-11-1-2-13(16)12(3-11)14(21)4-20-8-17-5-18(9-20)7-19(6-17)10-20;9-4-8(12)6-3-5(10)1-2-7(6)11;1-7-2-9-4-8(1)5-10(3-7)6-9;1-2;/h1-3H,4-10H2;1-3H,4H2;1-6H2;1-2H3;1H/q+1;;;;/p-1/i;;;1D;. The van der Waals surface area contributed by atoms with Gasteiger partial charge >= 0.3 is 0 Å². The molecule has 0 unspecified atom stereocenters. The van der Waals surface area contributed by atoms with Crippen molar-refractivity contribution in [1.82, 2.24) is 34.3 Å². The first kappa shape index (κ1) is 35.1. The molecule has 8 bridgehead atoms. The van der Waals surface area contributed by atoms with Gasteiger partial charge in [0.05, 0.1) is 77.0 Å². The number of hydrogen-bond acceptors (Lipinski definition) is 9. The lowest BCUT2D eigenvalue weighted by atomic mass is 10.1. The smallest absolute Gasteiger partial charge is 0.220 e. The fraction of sp³-hybridized carbons (Fsp3) is 0.533. The highest BCUT2D eigenvalue weighted by Gasteiger charge is 2.49. The molecule has 8 fully saturated rings. The molecule has 8 saturated heterocycles. The zero-order valence-corrected chi connectivity index (χ0v) is 27.2. The predicted octanol–water partition coefficient (Wildman–Crippen LogP) is 0.0528. The Kier molecular flexibility index (Phi) is 12.0. The van der Waals surface area contributed by atoms with Crippen LogP contribution >= 0.6 is 11.6 Å². The molecule has 8 heterocycles. The molecule has 0 saturated carbocycles. The van der Waals surface area contributed by atoms with Crippen LogP contribution in [-0.4, -0.2) is 143 Å². The summed E-state index contributed by atoms with van der Waals surface area (Å²) in [5.41, 5.74) is -0.436. The molecule has 0 atom stereocenters. The summed E-state index contributed by atoms with van der Waals surface area (Å²) in [6, 6.07) is 5.74. The summed E-state index contributed by atoms with van der Waals surface area (Å²) in [5, 5.41) is 0. The highest BCUT2D eigenvalue weighted by atomic mass is 35.5. The predicted molar refractivity (Wildman–Crippen MR) is 160 cm³/mol. The van der Waals surface area contributed by atoms with Gasteiger partial charge in [0.1, 0.15) is 49.8 Å². The molecular formula is C30H40Cl2F4N8O2. The third kappa shape index (κ3) is 8.61. The van der Waals surface area contributed by atoms with E-state index in [1.54, 1.807) is 6.92 Å². The fourth-order valence-corrected chi connectivity index (χ4v) is 7.07. The summed E-state index contributed by atoms with van der Waals surface area (Å²) in [6.07, 6.45) is 0. The number of hydrogen-bond donors (Lipinski definition) is 0. The first-order chi connectivity index (χ1) is 22.0. The number of nitrogens with zero attached hydrogens (tertiary/aromatic N) is 8. The van der Waals surface area contributed by atoms with Crippen LogP contribution in [0.3, 0.4) is 0 Å². The van der Waals surface area contributed by atoms with E-state index in [1.807, 2.05) is 0 Å². The largest absolute Gasteiger partial charge is 1.00 e. The number of benzene rings is 2. The molecule has 0 N–H and O–H groups in total. The van der Waals surface area contributed by atoms with Crippen LogP contribution in [0.25, 0.3) is 0 Å². The lowest BCUT2D eigenvalue weighted by molar-refractivity contribution is -0.973. The molecule has 2 aromatic rings. The molecule has 8 aliphatic heterocycles. The van der Waals surface area contributed by atoms with Crippen molar-refractivity contribution in [3.05, 3.63) is 70.8 Å². The number of halogens is 6. The second-order valence-corrected chi connectivity index (χ2v) is 12.4. The molecule has 8 aliphatic rings. The summed E-state index contributed by atoms with van der Waals surface area (Å²) in [7, 11) is 0. The molecule has 10 rings (SSSR count). The van der Waals surface area contributed by atoms with Gasteiger partial charge in [0, 0.05) is 1.37 Å². The number of carbonyl (C=O) groups is 2.